The van der Waals surface area contributed by atoms with E-state index in [-0.39, 0.29) is 29.2 Å². The van der Waals surface area contributed by atoms with Gasteiger partial charge in [-0.1, -0.05) is 40.7 Å². The van der Waals surface area contributed by atoms with Crippen LogP contribution in [0, 0.1) is 18.8 Å². The Kier molecular flexibility index (Phi) is 11.6. The van der Waals surface area contributed by atoms with Gasteiger partial charge in [-0.15, -0.1) is 0 Å². The molecule has 0 atom stereocenters. The summed E-state index contributed by atoms with van der Waals surface area (Å²) < 4.78 is 17.5. The molecule has 0 aliphatic carbocycles. The molecule has 0 saturated carbocycles. The third-order valence-corrected chi connectivity index (χ3v) is 8.42. The molecule has 2 N–H and O–H groups in total. The van der Waals surface area contributed by atoms with Crippen LogP contribution in [0.1, 0.15) is 95.4 Å². The zero-order valence-electron chi connectivity index (χ0n) is 30.7. The van der Waals surface area contributed by atoms with Crippen LogP contribution >= 0.6 is 0 Å². The molecule has 264 valence electrons. The van der Waals surface area contributed by atoms with Crippen molar-refractivity contribution in [3.63, 3.8) is 0 Å². The summed E-state index contributed by atoms with van der Waals surface area (Å²) in [6.45, 7) is 18.7. The van der Waals surface area contributed by atoms with Crippen LogP contribution in [0.25, 0.3) is 0 Å². The zero-order valence-corrected chi connectivity index (χ0v) is 30.7. The molecule has 1 aromatic heterocycles. The third kappa shape index (κ3) is 10.2. The summed E-state index contributed by atoms with van der Waals surface area (Å²) >= 11 is 0. The summed E-state index contributed by atoms with van der Waals surface area (Å²) in [6, 6.07) is 12.8. The molecule has 2 heterocycles. The summed E-state index contributed by atoms with van der Waals surface area (Å²) in [5.74, 6) is 1.22. The SMILES string of the molecule is COc1c(NC(=O)c2ccc(C)c(Oc3ccnc(CC4CCN(C(=O)OC(C)(C)C)CC4)c3)c2)cc(C(C)(C)C)cc1NC(=O)C(C)C. The maximum atomic E-state index is 13.7. The van der Waals surface area contributed by atoms with Crippen LogP contribution in [0.4, 0.5) is 16.2 Å². The minimum Gasteiger partial charge on any atom is -0.492 e. The smallest absolute Gasteiger partial charge is 0.410 e. The summed E-state index contributed by atoms with van der Waals surface area (Å²) in [5.41, 5.74) is 3.30. The van der Waals surface area contributed by atoms with E-state index in [2.05, 4.69) is 36.4 Å². The Morgan fingerprint density at radius 3 is 2.18 bits per heavy atom. The number of piperidine rings is 1. The standard InChI is InChI=1S/C39H52N4O6/c1-24(2)35(44)41-31-21-28(38(4,5)6)22-32(34(31)47-10)42-36(45)27-12-11-25(3)33(20-27)48-30-13-16-40-29(23-30)19-26-14-17-43(18-15-26)37(46)49-39(7,8)9/h11-13,16,20-24,26H,14-15,17-19H2,1-10H3,(H,41,44)(H,42,45). The van der Waals surface area contributed by atoms with E-state index in [1.165, 1.54) is 7.11 Å². The highest BCUT2D eigenvalue weighted by Gasteiger charge is 2.27. The molecular weight excluding hydrogens is 620 g/mol. The van der Waals surface area contributed by atoms with Gasteiger partial charge in [-0.25, -0.2) is 4.79 Å². The molecule has 0 radical (unpaired) electrons. The van der Waals surface area contributed by atoms with E-state index in [9.17, 15) is 14.4 Å². The summed E-state index contributed by atoms with van der Waals surface area (Å²) in [5, 5.41) is 5.96. The highest BCUT2D eigenvalue weighted by molar-refractivity contribution is 6.06. The van der Waals surface area contributed by atoms with Crippen molar-refractivity contribution in [3.8, 4) is 17.2 Å². The van der Waals surface area contributed by atoms with Crippen molar-refractivity contribution < 1.29 is 28.6 Å². The van der Waals surface area contributed by atoms with Crippen molar-refractivity contribution in [2.45, 2.75) is 92.6 Å². The van der Waals surface area contributed by atoms with Crippen molar-refractivity contribution >= 4 is 29.3 Å². The fourth-order valence-corrected chi connectivity index (χ4v) is 5.49. The molecule has 1 saturated heterocycles. The van der Waals surface area contributed by atoms with Gasteiger partial charge in [0.25, 0.3) is 5.91 Å². The molecule has 3 amide bonds. The van der Waals surface area contributed by atoms with E-state index in [4.69, 9.17) is 14.2 Å². The predicted octanol–water partition coefficient (Wildman–Crippen LogP) is 8.52. The number of pyridine rings is 1. The van der Waals surface area contributed by atoms with Gasteiger partial charge in [-0.2, -0.15) is 0 Å². The number of aryl methyl sites for hydroxylation is 1. The van der Waals surface area contributed by atoms with Gasteiger partial charge in [0.2, 0.25) is 5.91 Å². The predicted molar refractivity (Wildman–Crippen MR) is 193 cm³/mol. The van der Waals surface area contributed by atoms with Gasteiger partial charge in [-0.05, 0) is 99.7 Å². The van der Waals surface area contributed by atoms with Crippen LogP contribution in [0.3, 0.4) is 0 Å². The number of rotatable bonds is 9. The summed E-state index contributed by atoms with van der Waals surface area (Å²) in [7, 11) is 1.51. The number of likely N-dealkylation sites (tertiary alicyclic amines) is 1. The van der Waals surface area contributed by atoms with E-state index in [1.54, 1.807) is 29.3 Å². The van der Waals surface area contributed by atoms with Crippen LogP contribution in [0.2, 0.25) is 0 Å². The first-order valence-electron chi connectivity index (χ1n) is 17.0. The van der Waals surface area contributed by atoms with Gasteiger partial charge in [0.15, 0.2) is 5.75 Å². The molecule has 10 nitrogen and oxygen atoms in total. The Balaban J connectivity index is 1.48. The number of ether oxygens (including phenoxy) is 3. The van der Waals surface area contributed by atoms with Gasteiger partial charge in [0.1, 0.15) is 17.1 Å². The monoisotopic (exact) mass is 672 g/mol. The number of aromatic nitrogens is 1. The number of hydrogen-bond acceptors (Lipinski definition) is 7. The van der Waals surface area contributed by atoms with Gasteiger partial charge < -0.3 is 29.7 Å². The minimum atomic E-state index is -0.511. The second-order valence-electron chi connectivity index (χ2n) is 15.1. The second-order valence-corrected chi connectivity index (χ2v) is 15.1. The first kappa shape index (κ1) is 37.2. The highest BCUT2D eigenvalue weighted by Crippen LogP contribution is 2.39. The average molecular weight is 673 g/mol. The normalized spacial score (nSPS) is 14.0. The molecule has 10 heteroatoms. The van der Waals surface area contributed by atoms with Crippen LogP contribution in [-0.4, -0.2) is 53.6 Å². The fraction of sp³-hybridized carbons (Fsp3) is 0.487. The Labute approximate surface area is 290 Å². The summed E-state index contributed by atoms with van der Waals surface area (Å²) in [4.78, 5) is 45.1. The lowest BCUT2D eigenvalue weighted by molar-refractivity contribution is -0.118. The highest BCUT2D eigenvalue weighted by atomic mass is 16.6. The number of carbonyl (C=O) groups is 3. The maximum absolute atomic E-state index is 13.7. The first-order valence-corrected chi connectivity index (χ1v) is 17.0. The van der Waals surface area contributed by atoms with Crippen molar-refractivity contribution in [2.24, 2.45) is 11.8 Å². The van der Waals surface area contributed by atoms with Crippen molar-refractivity contribution in [1.82, 2.24) is 9.88 Å². The topological polar surface area (TPSA) is 119 Å². The number of amides is 3. The minimum absolute atomic E-state index is 0.148. The molecule has 49 heavy (non-hydrogen) atoms. The molecule has 0 spiro atoms. The molecule has 1 aliphatic heterocycles. The lowest BCUT2D eigenvalue weighted by atomic mass is 9.86. The molecule has 3 aromatic rings. The van der Waals surface area contributed by atoms with Crippen LogP contribution < -0.4 is 20.1 Å². The Morgan fingerprint density at radius 1 is 0.939 bits per heavy atom. The number of anilines is 2. The van der Waals surface area contributed by atoms with Gasteiger partial charge in [0.05, 0.1) is 18.5 Å². The van der Waals surface area contributed by atoms with E-state index >= 15 is 0 Å². The molecule has 2 aromatic carbocycles. The largest absolute Gasteiger partial charge is 0.492 e. The number of nitrogens with one attached hydrogen (secondary N) is 2. The Bertz CT molecular complexity index is 1660. The quantitative estimate of drug-likeness (QED) is 0.234. The molecule has 4 rings (SSSR count). The summed E-state index contributed by atoms with van der Waals surface area (Å²) in [6.07, 6.45) is 3.99. The Morgan fingerprint density at radius 2 is 1.59 bits per heavy atom. The Hall–Kier alpha value is -4.60. The van der Waals surface area contributed by atoms with E-state index in [1.807, 2.05) is 65.8 Å². The number of benzene rings is 2. The van der Waals surface area contributed by atoms with E-state index in [0.29, 0.717) is 53.2 Å². The van der Waals surface area contributed by atoms with E-state index in [0.717, 1.165) is 36.1 Å². The van der Waals surface area contributed by atoms with Crippen LogP contribution in [-0.2, 0) is 21.4 Å². The zero-order chi connectivity index (χ0) is 36.1. The number of hydrogen-bond donors (Lipinski definition) is 2. The van der Waals surface area contributed by atoms with Crippen molar-refractivity contribution in [1.29, 1.82) is 0 Å². The molecule has 1 aliphatic rings. The second kappa shape index (κ2) is 15.3. The van der Waals surface area contributed by atoms with Crippen LogP contribution in [0.5, 0.6) is 17.2 Å². The van der Waals surface area contributed by atoms with E-state index < -0.39 is 5.60 Å². The van der Waals surface area contributed by atoms with Crippen LogP contribution in [0.15, 0.2) is 48.7 Å². The lowest BCUT2D eigenvalue weighted by Crippen LogP contribution is -2.42. The van der Waals surface area contributed by atoms with Crippen molar-refractivity contribution in [2.75, 3.05) is 30.8 Å². The molecule has 0 bridgehead atoms. The first-order chi connectivity index (χ1) is 22.9. The molecular formula is C39H52N4O6. The lowest BCUT2D eigenvalue weighted by Gasteiger charge is -2.33. The average Bonchev–Trinajstić information content (AvgIpc) is 3.01. The maximum Gasteiger partial charge on any atom is 0.410 e. The number of carbonyl (C=O) groups excluding carboxylic acids is 3. The fourth-order valence-electron chi connectivity index (χ4n) is 5.49. The van der Waals surface area contributed by atoms with Gasteiger partial charge in [-0.3, -0.25) is 14.6 Å². The van der Waals surface area contributed by atoms with Crippen molar-refractivity contribution in [3.05, 3.63) is 71.0 Å². The van der Waals surface area contributed by atoms with Gasteiger partial charge >= 0.3 is 6.09 Å². The number of nitrogens with zero attached hydrogens (tertiary/aromatic N) is 2. The molecule has 1 fully saturated rings. The molecule has 0 unspecified atom stereocenters. The third-order valence-electron chi connectivity index (χ3n) is 8.42. The van der Waals surface area contributed by atoms with Gasteiger partial charge in [0, 0.05) is 42.5 Å². The number of methoxy groups -OCH3 is 1.